The average Bonchev–Trinajstić information content (AvgIpc) is 3.26. The predicted molar refractivity (Wildman–Crippen MR) is 125 cm³/mol. The number of hydrogen-bond acceptors (Lipinski definition) is 1. The molecule has 0 N–H and O–H groups in total. The third-order valence-electron chi connectivity index (χ3n) is 5.44. The molecular formula is C28H19F3N2. The number of alkyl halides is 3. The largest absolute Gasteiger partial charge is 0.416 e. The van der Waals surface area contributed by atoms with Crippen LogP contribution in [0.4, 0.5) is 13.2 Å². The van der Waals surface area contributed by atoms with Crippen LogP contribution >= 0.6 is 0 Å². The minimum atomic E-state index is -4.45. The summed E-state index contributed by atoms with van der Waals surface area (Å²) in [6.07, 6.45) is -4.45. The van der Waals surface area contributed by atoms with Gasteiger partial charge in [-0.2, -0.15) is 13.2 Å². The molecule has 0 spiro atoms. The van der Waals surface area contributed by atoms with Crippen molar-refractivity contribution in [3.05, 3.63) is 121 Å². The van der Waals surface area contributed by atoms with Crippen LogP contribution in [0.25, 0.3) is 39.6 Å². The van der Waals surface area contributed by atoms with E-state index in [9.17, 15) is 13.2 Å². The third kappa shape index (κ3) is 4.05. The van der Waals surface area contributed by atoms with Crippen LogP contribution in [0.1, 0.15) is 5.56 Å². The number of aromatic nitrogens is 2. The summed E-state index contributed by atoms with van der Waals surface area (Å²) in [5.74, 6) is 0.577. The van der Waals surface area contributed by atoms with Crippen LogP contribution in [-0.4, -0.2) is 9.55 Å². The van der Waals surface area contributed by atoms with Crippen molar-refractivity contribution in [2.45, 2.75) is 6.18 Å². The number of rotatable bonds is 4. The van der Waals surface area contributed by atoms with Crippen molar-refractivity contribution < 1.29 is 13.2 Å². The van der Waals surface area contributed by atoms with E-state index in [1.165, 1.54) is 12.1 Å². The Hall–Kier alpha value is -4.12. The van der Waals surface area contributed by atoms with Crippen LogP contribution in [0, 0.1) is 0 Å². The van der Waals surface area contributed by atoms with E-state index in [-0.39, 0.29) is 0 Å². The van der Waals surface area contributed by atoms with E-state index in [0.29, 0.717) is 17.2 Å². The first-order chi connectivity index (χ1) is 16.0. The van der Waals surface area contributed by atoms with E-state index < -0.39 is 11.7 Å². The van der Waals surface area contributed by atoms with Crippen molar-refractivity contribution in [1.29, 1.82) is 0 Å². The van der Waals surface area contributed by atoms with Crippen LogP contribution < -0.4 is 0 Å². The van der Waals surface area contributed by atoms with E-state index in [4.69, 9.17) is 4.98 Å². The van der Waals surface area contributed by atoms with Crippen molar-refractivity contribution in [1.82, 2.24) is 9.55 Å². The molecular weight excluding hydrogens is 421 g/mol. The van der Waals surface area contributed by atoms with Gasteiger partial charge in [-0.25, -0.2) is 4.98 Å². The smallest absolute Gasteiger partial charge is 0.292 e. The highest BCUT2D eigenvalue weighted by Crippen LogP contribution is 2.39. The highest BCUT2D eigenvalue weighted by atomic mass is 19.4. The molecule has 0 radical (unpaired) electrons. The van der Waals surface area contributed by atoms with Crippen LogP contribution in [0.15, 0.2) is 115 Å². The third-order valence-corrected chi connectivity index (χ3v) is 5.44. The minimum Gasteiger partial charge on any atom is -0.292 e. The van der Waals surface area contributed by atoms with E-state index >= 15 is 0 Å². The van der Waals surface area contributed by atoms with Crippen LogP contribution in [0.5, 0.6) is 0 Å². The number of nitrogens with zero attached hydrogens (tertiary/aromatic N) is 2. The molecule has 5 heteroatoms. The molecule has 0 aliphatic rings. The second-order valence-electron chi connectivity index (χ2n) is 7.61. The number of halogens is 3. The first kappa shape index (κ1) is 20.8. The normalized spacial score (nSPS) is 11.5. The molecule has 0 atom stereocenters. The van der Waals surface area contributed by atoms with Crippen molar-refractivity contribution >= 4 is 0 Å². The molecule has 0 amide bonds. The van der Waals surface area contributed by atoms with Gasteiger partial charge in [0.05, 0.1) is 17.0 Å². The molecule has 0 aliphatic heterocycles. The lowest BCUT2D eigenvalue weighted by Gasteiger charge is -2.15. The van der Waals surface area contributed by atoms with Gasteiger partial charge >= 0.3 is 6.18 Å². The highest BCUT2D eigenvalue weighted by molar-refractivity contribution is 5.84. The summed E-state index contributed by atoms with van der Waals surface area (Å²) in [6.45, 7) is 0. The fourth-order valence-electron chi connectivity index (χ4n) is 3.93. The molecule has 5 aromatic rings. The first-order valence-corrected chi connectivity index (χ1v) is 10.5. The standard InChI is InChI=1S/C28H19F3N2/c29-28(30,31)23-17-10-18-24(19-23)33-26(21-13-6-2-7-14-21)25(20-11-4-1-5-12-20)32-27(33)22-15-8-3-9-16-22/h1-19H. The number of benzene rings is 4. The summed E-state index contributed by atoms with van der Waals surface area (Å²) in [5.41, 5.74) is 3.71. The second-order valence-corrected chi connectivity index (χ2v) is 7.61. The minimum absolute atomic E-state index is 0.400. The summed E-state index contributed by atoms with van der Waals surface area (Å²) >= 11 is 0. The molecule has 0 unspecified atom stereocenters. The van der Waals surface area contributed by atoms with E-state index in [2.05, 4.69) is 0 Å². The summed E-state index contributed by atoms with van der Waals surface area (Å²) < 4.78 is 42.5. The quantitative estimate of drug-likeness (QED) is 0.278. The Labute approximate surface area is 189 Å². The van der Waals surface area contributed by atoms with E-state index in [1.807, 2.05) is 95.6 Å². The Bertz CT molecular complexity index is 1370. The lowest BCUT2D eigenvalue weighted by atomic mass is 10.0. The van der Waals surface area contributed by atoms with E-state index in [0.717, 1.165) is 28.5 Å². The Balaban J connectivity index is 1.88. The molecule has 0 bridgehead atoms. The van der Waals surface area contributed by atoms with Crippen LogP contribution in [0.2, 0.25) is 0 Å². The lowest BCUT2D eigenvalue weighted by Crippen LogP contribution is -2.07. The number of imidazole rings is 1. The summed E-state index contributed by atoms with van der Waals surface area (Å²) in [4.78, 5) is 4.98. The molecule has 0 saturated carbocycles. The monoisotopic (exact) mass is 440 g/mol. The van der Waals surface area contributed by atoms with Gasteiger partial charge < -0.3 is 0 Å². The maximum atomic E-state index is 13.6. The molecule has 2 nitrogen and oxygen atoms in total. The molecule has 33 heavy (non-hydrogen) atoms. The fourth-order valence-corrected chi connectivity index (χ4v) is 3.93. The maximum absolute atomic E-state index is 13.6. The van der Waals surface area contributed by atoms with Crippen LogP contribution in [-0.2, 0) is 6.18 Å². The topological polar surface area (TPSA) is 17.8 Å². The van der Waals surface area contributed by atoms with E-state index in [1.54, 1.807) is 6.07 Å². The van der Waals surface area contributed by atoms with Gasteiger partial charge in [0.25, 0.3) is 0 Å². The SMILES string of the molecule is FC(F)(F)c1cccc(-n2c(-c3ccccc3)nc(-c3ccccc3)c2-c2ccccc2)c1. The van der Waals surface area contributed by atoms with Gasteiger partial charge in [0, 0.05) is 22.4 Å². The zero-order chi connectivity index (χ0) is 22.8. The van der Waals surface area contributed by atoms with Crippen molar-refractivity contribution in [2.75, 3.05) is 0 Å². The average molecular weight is 440 g/mol. The van der Waals surface area contributed by atoms with Gasteiger partial charge in [-0.05, 0) is 18.2 Å². The van der Waals surface area contributed by atoms with Gasteiger partial charge in [-0.3, -0.25) is 4.57 Å². The zero-order valence-corrected chi connectivity index (χ0v) is 17.5. The number of hydrogen-bond donors (Lipinski definition) is 0. The molecule has 4 aromatic carbocycles. The van der Waals surface area contributed by atoms with Gasteiger partial charge in [0.15, 0.2) is 0 Å². The molecule has 0 saturated heterocycles. The second kappa shape index (κ2) is 8.43. The van der Waals surface area contributed by atoms with Crippen molar-refractivity contribution in [3.63, 3.8) is 0 Å². The Morgan fingerprint density at radius 1 is 0.576 bits per heavy atom. The Morgan fingerprint density at radius 3 is 1.70 bits per heavy atom. The summed E-state index contributed by atoms with van der Waals surface area (Å²) in [6, 6.07) is 34.2. The molecule has 1 aromatic heterocycles. The zero-order valence-electron chi connectivity index (χ0n) is 17.5. The van der Waals surface area contributed by atoms with Gasteiger partial charge in [-0.1, -0.05) is 97.1 Å². The van der Waals surface area contributed by atoms with Crippen molar-refractivity contribution in [2.24, 2.45) is 0 Å². The van der Waals surface area contributed by atoms with Crippen LogP contribution in [0.3, 0.4) is 0 Å². The molecule has 5 rings (SSSR count). The first-order valence-electron chi connectivity index (χ1n) is 10.5. The Kier molecular flexibility index (Phi) is 5.31. The summed E-state index contributed by atoms with van der Waals surface area (Å²) in [5, 5.41) is 0. The van der Waals surface area contributed by atoms with Crippen molar-refractivity contribution in [3.8, 4) is 39.6 Å². The van der Waals surface area contributed by atoms with Gasteiger partial charge in [0.1, 0.15) is 5.82 Å². The van der Waals surface area contributed by atoms with Gasteiger partial charge in [-0.15, -0.1) is 0 Å². The highest BCUT2D eigenvalue weighted by Gasteiger charge is 2.31. The van der Waals surface area contributed by atoms with Gasteiger partial charge in [0.2, 0.25) is 0 Å². The lowest BCUT2D eigenvalue weighted by molar-refractivity contribution is -0.137. The fraction of sp³-hybridized carbons (Fsp3) is 0.0357. The molecule has 1 heterocycles. The molecule has 162 valence electrons. The predicted octanol–water partition coefficient (Wildman–Crippen LogP) is 7.89. The molecule has 0 fully saturated rings. The summed E-state index contributed by atoms with van der Waals surface area (Å²) in [7, 11) is 0. The Morgan fingerprint density at radius 2 is 1.12 bits per heavy atom. The molecule has 0 aliphatic carbocycles. The maximum Gasteiger partial charge on any atom is 0.416 e.